The number of nitro benzene ring substituents is 1. The quantitative estimate of drug-likeness (QED) is 0.435. The van der Waals surface area contributed by atoms with Crippen molar-refractivity contribution < 1.29 is 24.0 Å². The zero-order valence-electron chi connectivity index (χ0n) is 15.5. The molecule has 0 spiro atoms. The van der Waals surface area contributed by atoms with Crippen LogP contribution in [0.3, 0.4) is 0 Å². The van der Waals surface area contributed by atoms with Crippen LogP contribution in [0.15, 0.2) is 18.2 Å². The molecule has 0 saturated heterocycles. The topological polar surface area (TPSA) is 132 Å². The monoisotopic (exact) mass is 415 g/mol. The van der Waals surface area contributed by atoms with Crippen molar-refractivity contribution in [2.45, 2.75) is 25.7 Å². The summed E-state index contributed by atoms with van der Waals surface area (Å²) < 4.78 is 10.0. The Morgan fingerprint density at radius 3 is 2.79 bits per heavy atom. The molecule has 1 N–H and O–H groups in total. The summed E-state index contributed by atoms with van der Waals surface area (Å²) in [5.41, 5.74) is 0.992. The summed E-state index contributed by atoms with van der Waals surface area (Å²) in [6.45, 7) is -0.599. The molecule has 1 heterocycles. The highest BCUT2D eigenvalue weighted by atomic mass is 32.1. The van der Waals surface area contributed by atoms with E-state index in [-0.39, 0.29) is 17.0 Å². The number of esters is 1. The van der Waals surface area contributed by atoms with Crippen LogP contribution in [-0.4, -0.2) is 30.5 Å². The van der Waals surface area contributed by atoms with E-state index in [1.54, 1.807) is 0 Å². The van der Waals surface area contributed by atoms with Gasteiger partial charge in [0, 0.05) is 17.0 Å². The van der Waals surface area contributed by atoms with E-state index in [1.165, 1.54) is 30.6 Å². The number of aryl methyl sites for hydroxylation is 1. The fourth-order valence-corrected chi connectivity index (χ4v) is 4.37. The smallest absolute Gasteiger partial charge is 0.342 e. The number of ether oxygens (including phenoxy) is 2. The number of anilines is 1. The second kappa shape index (κ2) is 8.70. The first-order chi connectivity index (χ1) is 13.9. The van der Waals surface area contributed by atoms with E-state index in [0.717, 1.165) is 42.2 Å². The molecule has 10 heteroatoms. The number of rotatable bonds is 6. The van der Waals surface area contributed by atoms with Gasteiger partial charge in [0.05, 0.1) is 17.6 Å². The number of non-ortho nitro benzene ring substituents is 1. The minimum Gasteiger partial charge on any atom is -0.496 e. The molecule has 0 unspecified atom stereocenters. The minimum absolute atomic E-state index is 0.0960. The first-order valence-electron chi connectivity index (χ1n) is 8.78. The number of nitrogens with one attached hydrogen (secondary N) is 1. The number of methoxy groups -OCH3 is 1. The summed E-state index contributed by atoms with van der Waals surface area (Å²) >= 11 is 1.37. The fraction of sp³-hybridized carbons (Fsp3) is 0.316. The second-order valence-corrected chi connectivity index (χ2v) is 7.40. The first-order valence-corrected chi connectivity index (χ1v) is 9.60. The van der Waals surface area contributed by atoms with E-state index < -0.39 is 23.4 Å². The average Bonchev–Trinajstić information content (AvgIpc) is 3.08. The van der Waals surface area contributed by atoms with Crippen LogP contribution in [0.25, 0.3) is 0 Å². The highest BCUT2D eigenvalue weighted by Gasteiger charge is 2.23. The van der Waals surface area contributed by atoms with E-state index in [9.17, 15) is 25.0 Å². The molecule has 3 rings (SSSR count). The molecule has 1 aliphatic carbocycles. The number of carbonyl (C=O) groups excluding carboxylic acids is 2. The number of amides is 1. The summed E-state index contributed by atoms with van der Waals surface area (Å²) in [5.74, 6) is -1.43. The van der Waals surface area contributed by atoms with Crippen molar-refractivity contribution in [2.75, 3.05) is 19.0 Å². The Labute approximate surface area is 170 Å². The number of nitriles is 1. The summed E-state index contributed by atoms with van der Waals surface area (Å²) in [5, 5.41) is 23.4. The van der Waals surface area contributed by atoms with E-state index in [4.69, 9.17) is 9.47 Å². The number of thiophene rings is 1. The summed E-state index contributed by atoms with van der Waals surface area (Å²) in [4.78, 5) is 35.9. The van der Waals surface area contributed by atoms with Gasteiger partial charge in [-0.25, -0.2) is 4.79 Å². The number of hydrogen-bond donors (Lipinski definition) is 1. The lowest BCUT2D eigenvalue weighted by Crippen LogP contribution is -2.21. The van der Waals surface area contributed by atoms with Crippen LogP contribution in [0.5, 0.6) is 5.75 Å². The van der Waals surface area contributed by atoms with Gasteiger partial charge in [-0.2, -0.15) is 5.26 Å². The molecule has 1 amide bonds. The zero-order valence-corrected chi connectivity index (χ0v) is 16.3. The van der Waals surface area contributed by atoms with Gasteiger partial charge >= 0.3 is 5.97 Å². The number of hydrogen-bond acceptors (Lipinski definition) is 8. The third kappa shape index (κ3) is 4.35. The lowest BCUT2D eigenvalue weighted by molar-refractivity contribution is -0.384. The van der Waals surface area contributed by atoms with Crippen molar-refractivity contribution in [3.8, 4) is 11.8 Å². The van der Waals surface area contributed by atoms with Gasteiger partial charge in [0.1, 0.15) is 22.4 Å². The fourth-order valence-electron chi connectivity index (χ4n) is 3.11. The van der Waals surface area contributed by atoms with Crippen molar-refractivity contribution in [1.29, 1.82) is 5.26 Å². The van der Waals surface area contributed by atoms with E-state index >= 15 is 0 Å². The lowest BCUT2D eigenvalue weighted by atomic mass is 9.96. The van der Waals surface area contributed by atoms with Crippen molar-refractivity contribution in [2.24, 2.45) is 0 Å². The van der Waals surface area contributed by atoms with Gasteiger partial charge in [0.25, 0.3) is 11.6 Å². The standard InChI is InChI=1S/C19H17N3O6S/c1-27-15-7-6-11(22(25)26)8-13(15)19(24)28-10-17(23)21-18-14(9-20)12-4-2-3-5-16(12)29-18/h6-8H,2-5,10H2,1H3,(H,21,23). The number of benzene rings is 1. The third-order valence-corrected chi connectivity index (χ3v) is 5.69. The maximum Gasteiger partial charge on any atom is 0.342 e. The molecule has 0 fully saturated rings. The highest BCUT2D eigenvalue weighted by molar-refractivity contribution is 7.16. The Balaban J connectivity index is 1.68. The molecule has 0 bridgehead atoms. The molecule has 0 radical (unpaired) electrons. The molecule has 1 aromatic carbocycles. The second-order valence-electron chi connectivity index (χ2n) is 6.29. The molecule has 1 aromatic heterocycles. The molecule has 9 nitrogen and oxygen atoms in total. The molecular formula is C19H17N3O6S. The predicted octanol–water partition coefficient (Wildman–Crippen LogP) is 3.21. The number of fused-ring (bicyclic) bond motifs is 1. The number of nitro groups is 1. The van der Waals surface area contributed by atoms with Gasteiger partial charge in [-0.3, -0.25) is 14.9 Å². The van der Waals surface area contributed by atoms with E-state index in [1.807, 2.05) is 0 Å². The van der Waals surface area contributed by atoms with Crippen LogP contribution >= 0.6 is 11.3 Å². The van der Waals surface area contributed by atoms with Crippen LogP contribution in [-0.2, 0) is 22.4 Å². The Morgan fingerprint density at radius 1 is 1.34 bits per heavy atom. The van der Waals surface area contributed by atoms with Crippen molar-refractivity contribution >= 4 is 33.9 Å². The average molecular weight is 415 g/mol. The SMILES string of the molecule is COc1ccc([N+](=O)[O-])cc1C(=O)OCC(=O)Nc1sc2c(c1C#N)CCCC2. The number of carbonyl (C=O) groups is 2. The Morgan fingerprint density at radius 2 is 2.10 bits per heavy atom. The highest BCUT2D eigenvalue weighted by Crippen LogP contribution is 2.37. The predicted molar refractivity (Wildman–Crippen MR) is 104 cm³/mol. The van der Waals surface area contributed by atoms with Gasteiger partial charge < -0.3 is 14.8 Å². The van der Waals surface area contributed by atoms with Gasteiger partial charge in [-0.15, -0.1) is 11.3 Å². The zero-order chi connectivity index (χ0) is 21.0. The van der Waals surface area contributed by atoms with Gasteiger partial charge in [0.15, 0.2) is 6.61 Å². The summed E-state index contributed by atoms with van der Waals surface area (Å²) in [6.07, 6.45) is 3.75. The largest absolute Gasteiger partial charge is 0.496 e. The van der Waals surface area contributed by atoms with E-state index in [0.29, 0.717) is 10.6 Å². The molecule has 0 saturated carbocycles. The van der Waals surface area contributed by atoms with Crippen LogP contribution < -0.4 is 10.1 Å². The summed E-state index contributed by atoms with van der Waals surface area (Å²) in [6, 6.07) is 5.65. The lowest BCUT2D eigenvalue weighted by Gasteiger charge is -2.09. The molecular weight excluding hydrogens is 398 g/mol. The van der Waals surface area contributed by atoms with Gasteiger partial charge in [-0.05, 0) is 37.3 Å². The molecule has 2 aromatic rings. The third-order valence-electron chi connectivity index (χ3n) is 4.48. The Hall–Kier alpha value is -3.45. The normalized spacial score (nSPS) is 12.4. The number of nitrogens with zero attached hydrogens (tertiary/aromatic N) is 2. The van der Waals surface area contributed by atoms with Gasteiger partial charge in [0.2, 0.25) is 0 Å². The van der Waals surface area contributed by atoms with Crippen LogP contribution in [0.1, 0.15) is 39.2 Å². The van der Waals surface area contributed by atoms with E-state index in [2.05, 4.69) is 11.4 Å². The molecule has 1 aliphatic rings. The summed E-state index contributed by atoms with van der Waals surface area (Å²) in [7, 11) is 1.31. The minimum atomic E-state index is -0.924. The Kier molecular flexibility index (Phi) is 6.09. The molecule has 29 heavy (non-hydrogen) atoms. The molecule has 0 atom stereocenters. The van der Waals surface area contributed by atoms with Gasteiger partial charge in [-0.1, -0.05) is 0 Å². The maximum atomic E-state index is 12.3. The Bertz CT molecular complexity index is 1020. The first kappa shape index (κ1) is 20.3. The van der Waals surface area contributed by atoms with Crippen LogP contribution in [0.2, 0.25) is 0 Å². The van der Waals surface area contributed by atoms with Crippen molar-refractivity contribution in [3.05, 3.63) is 49.9 Å². The van der Waals surface area contributed by atoms with Crippen LogP contribution in [0.4, 0.5) is 10.7 Å². The van der Waals surface area contributed by atoms with Crippen molar-refractivity contribution in [3.63, 3.8) is 0 Å². The molecule has 0 aliphatic heterocycles. The molecule has 150 valence electrons. The van der Waals surface area contributed by atoms with Crippen molar-refractivity contribution in [1.82, 2.24) is 0 Å². The maximum absolute atomic E-state index is 12.3. The van der Waals surface area contributed by atoms with Crippen LogP contribution in [0, 0.1) is 21.4 Å².